The normalized spacial score (nSPS) is 10.8. The van der Waals surface area contributed by atoms with E-state index < -0.39 is 0 Å². The molecule has 0 radical (unpaired) electrons. The summed E-state index contributed by atoms with van der Waals surface area (Å²) in [4.78, 5) is 16.5. The maximum atomic E-state index is 12.2. The molecule has 0 fully saturated rings. The highest BCUT2D eigenvalue weighted by molar-refractivity contribution is 5.92. The molecular formula is C20H20N4O2. The Bertz CT molecular complexity index is 917. The van der Waals surface area contributed by atoms with E-state index in [9.17, 15) is 4.79 Å². The van der Waals surface area contributed by atoms with E-state index in [4.69, 9.17) is 4.74 Å². The maximum Gasteiger partial charge on any atom is 0.244 e. The van der Waals surface area contributed by atoms with Crippen LogP contribution in [0.2, 0.25) is 0 Å². The molecule has 1 N–H and O–H groups in total. The third kappa shape index (κ3) is 4.16. The summed E-state index contributed by atoms with van der Waals surface area (Å²) >= 11 is 0. The van der Waals surface area contributed by atoms with Crippen molar-refractivity contribution in [3.63, 3.8) is 0 Å². The summed E-state index contributed by atoms with van der Waals surface area (Å²) in [6.45, 7) is 2.35. The first-order valence-corrected chi connectivity index (χ1v) is 8.22. The fraction of sp³-hybridized carbons (Fsp3) is 0.150. The van der Waals surface area contributed by atoms with Gasteiger partial charge >= 0.3 is 0 Å². The quantitative estimate of drug-likeness (QED) is 0.696. The number of nitrogens with one attached hydrogen (secondary N) is 1. The molecule has 2 heterocycles. The first kappa shape index (κ1) is 17.4. The molecule has 6 nitrogen and oxygen atoms in total. The molecule has 132 valence electrons. The number of nitrogens with zero attached hydrogens (tertiary/aromatic N) is 3. The third-order valence-electron chi connectivity index (χ3n) is 3.84. The van der Waals surface area contributed by atoms with Gasteiger partial charge in [0.15, 0.2) is 5.82 Å². The number of hydrogen-bond acceptors (Lipinski definition) is 4. The van der Waals surface area contributed by atoms with Gasteiger partial charge in [0.1, 0.15) is 5.75 Å². The van der Waals surface area contributed by atoms with Crippen molar-refractivity contribution in [3.8, 4) is 11.6 Å². The lowest BCUT2D eigenvalue weighted by Gasteiger charge is -2.09. The predicted molar refractivity (Wildman–Crippen MR) is 100.0 cm³/mol. The second kappa shape index (κ2) is 8.11. The van der Waals surface area contributed by atoms with Crippen molar-refractivity contribution in [1.29, 1.82) is 0 Å². The Hall–Kier alpha value is -3.41. The van der Waals surface area contributed by atoms with Crippen LogP contribution in [0.15, 0.2) is 61.1 Å². The summed E-state index contributed by atoms with van der Waals surface area (Å²) in [5, 5.41) is 7.07. The lowest BCUT2D eigenvalue weighted by Crippen LogP contribution is -2.21. The Balaban J connectivity index is 1.68. The second-order valence-corrected chi connectivity index (χ2v) is 5.73. The number of methoxy groups -OCH3 is 1. The van der Waals surface area contributed by atoms with Crippen LogP contribution in [-0.4, -0.2) is 27.8 Å². The zero-order chi connectivity index (χ0) is 18.4. The van der Waals surface area contributed by atoms with Gasteiger partial charge in [0, 0.05) is 42.3 Å². The second-order valence-electron chi connectivity index (χ2n) is 5.73. The highest BCUT2D eigenvalue weighted by Gasteiger charge is 2.07. The van der Waals surface area contributed by atoms with Gasteiger partial charge in [-0.25, -0.2) is 9.67 Å². The maximum absolute atomic E-state index is 12.2. The van der Waals surface area contributed by atoms with Crippen LogP contribution in [0.4, 0.5) is 0 Å². The molecule has 0 spiro atoms. The number of carbonyl (C=O) groups excluding carboxylic acids is 1. The Morgan fingerprint density at radius 1 is 1.27 bits per heavy atom. The van der Waals surface area contributed by atoms with Gasteiger partial charge in [0.25, 0.3) is 0 Å². The van der Waals surface area contributed by atoms with E-state index in [0.29, 0.717) is 12.4 Å². The average Bonchev–Trinajstić information content (AvgIpc) is 3.19. The van der Waals surface area contributed by atoms with Crippen molar-refractivity contribution in [1.82, 2.24) is 20.1 Å². The molecule has 0 aliphatic carbocycles. The van der Waals surface area contributed by atoms with Crippen LogP contribution >= 0.6 is 0 Å². The lowest BCUT2D eigenvalue weighted by atomic mass is 10.1. The number of aryl methyl sites for hydroxylation is 1. The molecule has 3 aromatic rings. The predicted octanol–water partition coefficient (Wildman–Crippen LogP) is 2.91. The molecule has 0 saturated heterocycles. The third-order valence-corrected chi connectivity index (χ3v) is 3.84. The monoisotopic (exact) mass is 348 g/mol. The minimum atomic E-state index is -0.191. The number of ether oxygens (including phenoxy) is 1. The van der Waals surface area contributed by atoms with Crippen LogP contribution in [0, 0.1) is 6.92 Å². The minimum absolute atomic E-state index is 0.191. The summed E-state index contributed by atoms with van der Waals surface area (Å²) in [6.07, 6.45) is 8.46. The zero-order valence-electron chi connectivity index (χ0n) is 14.7. The van der Waals surface area contributed by atoms with E-state index in [1.807, 2.05) is 49.5 Å². The number of carbonyl (C=O) groups is 1. The molecule has 0 bridgehead atoms. The van der Waals surface area contributed by atoms with E-state index in [0.717, 1.165) is 22.4 Å². The van der Waals surface area contributed by atoms with Crippen LogP contribution in [0.3, 0.4) is 0 Å². The Morgan fingerprint density at radius 2 is 2.15 bits per heavy atom. The first-order valence-electron chi connectivity index (χ1n) is 8.22. The number of aromatic nitrogens is 3. The molecule has 26 heavy (non-hydrogen) atoms. The topological polar surface area (TPSA) is 69.0 Å². The molecule has 0 aliphatic heterocycles. The van der Waals surface area contributed by atoms with E-state index in [1.165, 1.54) is 6.08 Å². The Morgan fingerprint density at radius 3 is 2.92 bits per heavy atom. The standard InChI is InChI=1S/C20H20N4O2/c1-15-6-8-18(26-2)16(13-15)7-9-19(25)22-14-17-5-3-10-21-20(17)24-12-4-11-23-24/h3-13H,14H2,1-2H3,(H,22,25). The van der Waals surface area contributed by atoms with Gasteiger partial charge in [0.2, 0.25) is 5.91 Å². The van der Waals surface area contributed by atoms with Crippen LogP contribution in [-0.2, 0) is 11.3 Å². The van der Waals surface area contributed by atoms with Gasteiger partial charge in [-0.15, -0.1) is 0 Å². The van der Waals surface area contributed by atoms with Crippen molar-refractivity contribution >= 4 is 12.0 Å². The van der Waals surface area contributed by atoms with Gasteiger partial charge in [-0.05, 0) is 37.3 Å². The number of benzene rings is 1. The largest absolute Gasteiger partial charge is 0.496 e. The fourth-order valence-corrected chi connectivity index (χ4v) is 2.56. The molecule has 0 saturated carbocycles. The van der Waals surface area contributed by atoms with Crippen molar-refractivity contribution in [2.45, 2.75) is 13.5 Å². The Kier molecular flexibility index (Phi) is 5.43. The fourth-order valence-electron chi connectivity index (χ4n) is 2.56. The Labute approximate surface area is 152 Å². The minimum Gasteiger partial charge on any atom is -0.496 e. The smallest absolute Gasteiger partial charge is 0.244 e. The van der Waals surface area contributed by atoms with Gasteiger partial charge in [-0.3, -0.25) is 4.79 Å². The van der Waals surface area contributed by atoms with Crippen LogP contribution in [0.25, 0.3) is 11.9 Å². The summed E-state index contributed by atoms with van der Waals surface area (Å²) < 4.78 is 6.99. The molecule has 2 aromatic heterocycles. The molecule has 6 heteroatoms. The number of rotatable bonds is 6. The lowest BCUT2D eigenvalue weighted by molar-refractivity contribution is -0.116. The molecule has 0 atom stereocenters. The van der Waals surface area contributed by atoms with Crippen molar-refractivity contribution < 1.29 is 9.53 Å². The van der Waals surface area contributed by atoms with Crippen LogP contribution in [0.1, 0.15) is 16.7 Å². The van der Waals surface area contributed by atoms with Crippen molar-refractivity contribution in [3.05, 3.63) is 77.8 Å². The molecule has 0 aliphatic rings. The summed E-state index contributed by atoms with van der Waals surface area (Å²) in [5.74, 6) is 1.24. The van der Waals surface area contributed by atoms with E-state index >= 15 is 0 Å². The molecule has 1 aromatic carbocycles. The SMILES string of the molecule is COc1ccc(C)cc1C=CC(=O)NCc1cccnc1-n1cccn1. The number of pyridine rings is 1. The highest BCUT2D eigenvalue weighted by Crippen LogP contribution is 2.20. The summed E-state index contributed by atoms with van der Waals surface area (Å²) in [6, 6.07) is 11.4. The van der Waals surface area contributed by atoms with Gasteiger partial charge in [0.05, 0.1) is 7.11 Å². The van der Waals surface area contributed by atoms with E-state index in [1.54, 1.807) is 30.3 Å². The van der Waals surface area contributed by atoms with Gasteiger partial charge < -0.3 is 10.1 Å². The summed E-state index contributed by atoms with van der Waals surface area (Å²) in [7, 11) is 1.61. The molecule has 1 amide bonds. The zero-order valence-corrected chi connectivity index (χ0v) is 14.7. The highest BCUT2D eigenvalue weighted by atomic mass is 16.5. The molecule has 3 rings (SSSR count). The summed E-state index contributed by atoms with van der Waals surface area (Å²) in [5.41, 5.74) is 2.84. The van der Waals surface area contributed by atoms with Crippen LogP contribution < -0.4 is 10.1 Å². The average molecular weight is 348 g/mol. The number of hydrogen-bond donors (Lipinski definition) is 1. The van der Waals surface area contributed by atoms with Gasteiger partial charge in [-0.2, -0.15) is 5.10 Å². The van der Waals surface area contributed by atoms with E-state index in [-0.39, 0.29) is 5.91 Å². The van der Waals surface area contributed by atoms with E-state index in [2.05, 4.69) is 15.4 Å². The van der Waals surface area contributed by atoms with Crippen molar-refractivity contribution in [2.75, 3.05) is 7.11 Å². The number of amides is 1. The molecular weight excluding hydrogens is 328 g/mol. The van der Waals surface area contributed by atoms with Crippen molar-refractivity contribution in [2.24, 2.45) is 0 Å². The van der Waals surface area contributed by atoms with Gasteiger partial charge in [-0.1, -0.05) is 17.7 Å². The van der Waals surface area contributed by atoms with Crippen LogP contribution in [0.5, 0.6) is 5.75 Å². The molecule has 0 unspecified atom stereocenters. The first-order chi connectivity index (χ1) is 12.7.